The molecule has 1 saturated heterocycles. The van der Waals surface area contributed by atoms with Gasteiger partial charge < -0.3 is 10.6 Å². The molecule has 6 heteroatoms. The van der Waals surface area contributed by atoms with Crippen LogP contribution in [0.15, 0.2) is 24.3 Å². The van der Waals surface area contributed by atoms with Gasteiger partial charge in [0.2, 0.25) is 5.91 Å². The molecule has 1 amide bonds. The van der Waals surface area contributed by atoms with Gasteiger partial charge in [-0.3, -0.25) is 4.79 Å². The van der Waals surface area contributed by atoms with Crippen LogP contribution >= 0.6 is 0 Å². The van der Waals surface area contributed by atoms with Gasteiger partial charge in [0.1, 0.15) is 0 Å². The van der Waals surface area contributed by atoms with Crippen LogP contribution in [0, 0.1) is 0 Å². The number of rotatable bonds is 3. The third-order valence-electron chi connectivity index (χ3n) is 2.88. The van der Waals surface area contributed by atoms with E-state index >= 15 is 0 Å². The summed E-state index contributed by atoms with van der Waals surface area (Å²) in [6.45, 7) is 0.572. The van der Waals surface area contributed by atoms with E-state index in [1.807, 2.05) is 0 Å². The van der Waals surface area contributed by atoms with Gasteiger partial charge in [0.25, 0.3) is 0 Å². The average molecular weight is 258 g/mol. The lowest BCUT2D eigenvalue weighted by atomic mass is 10.1. The standard InChI is InChI=1S/C12H13F3N2O/c13-12(14,15)10-4-2-1-3-8(10)6-16-9-5-11(18)17-7-9/h1-4,9,16H,5-7H2,(H,17,18). The predicted molar refractivity (Wildman–Crippen MR) is 59.7 cm³/mol. The second-order valence-corrected chi connectivity index (χ2v) is 4.24. The first kappa shape index (κ1) is 12.9. The molecular weight excluding hydrogens is 245 g/mol. The number of hydrogen-bond acceptors (Lipinski definition) is 2. The van der Waals surface area contributed by atoms with E-state index in [0.717, 1.165) is 6.07 Å². The van der Waals surface area contributed by atoms with E-state index in [-0.39, 0.29) is 24.1 Å². The van der Waals surface area contributed by atoms with E-state index in [1.54, 1.807) is 6.07 Å². The highest BCUT2D eigenvalue weighted by Crippen LogP contribution is 2.31. The zero-order valence-corrected chi connectivity index (χ0v) is 9.55. The molecule has 1 unspecified atom stereocenters. The summed E-state index contributed by atoms with van der Waals surface area (Å²) >= 11 is 0. The van der Waals surface area contributed by atoms with Gasteiger partial charge in [0, 0.05) is 25.6 Å². The Morgan fingerprint density at radius 1 is 1.33 bits per heavy atom. The van der Waals surface area contributed by atoms with Crippen LogP contribution in [-0.2, 0) is 17.5 Å². The van der Waals surface area contributed by atoms with Crippen molar-refractivity contribution in [3.63, 3.8) is 0 Å². The van der Waals surface area contributed by atoms with Gasteiger partial charge in [-0.25, -0.2) is 0 Å². The molecule has 1 aromatic carbocycles. The summed E-state index contributed by atoms with van der Waals surface area (Å²) in [5.74, 6) is -0.0726. The van der Waals surface area contributed by atoms with Crippen molar-refractivity contribution >= 4 is 5.91 Å². The lowest BCUT2D eigenvalue weighted by molar-refractivity contribution is -0.138. The second kappa shape index (κ2) is 4.97. The van der Waals surface area contributed by atoms with Crippen molar-refractivity contribution in [3.8, 4) is 0 Å². The summed E-state index contributed by atoms with van der Waals surface area (Å²) in [5.41, 5.74) is -0.431. The molecule has 1 atom stereocenters. The molecule has 1 aromatic rings. The predicted octanol–water partition coefficient (Wildman–Crippen LogP) is 1.68. The Morgan fingerprint density at radius 3 is 2.67 bits per heavy atom. The second-order valence-electron chi connectivity index (χ2n) is 4.24. The molecule has 1 aliphatic rings. The van der Waals surface area contributed by atoms with Gasteiger partial charge in [-0.2, -0.15) is 13.2 Å². The Labute approximate surface area is 102 Å². The number of halogens is 3. The minimum atomic E-state index is -4.35. The van der Waals surface area contributed by atoms with Crippen LogP contribution in [0.4, 0.5) is 13.2 Å². The first-order valence-electron chi connectivity index (χ1n) is 5.62. The van der Waals surface area contributed by atoms with Gasteiger partial charge >= 0.3 is 6.18 Å². The Kier molecular flexibility index (Phi) is 3.56. The molecule has 3 nitrogen and oxygen atoms in total. The number of carbonyl (C=O) groups is 1. The highest BCUT2D eigenvalue weighted by molar-refractivity contribution is 5.78. The molecule has 0 radical (unpaired) electrons. The Bertz CT molecular complexity index is 445. The van der Waals surface area contributed by atoms with Crippen LogP contribution in [0.1, 0.15) is 17.5 Å². The quantitative estimate of drug-likeness (QED) is 0.866. The van der Waals surface area contributed by atoms with Crippen LogP contribution in [0.2, 0.25) is 0 Å². The Hall–Kier alpha value is -1.56. The van der Waals surface area contributed by atoms with Crippen LogP contribution < -0.4 is 10.6 Å². The highest BCUT2D eigenvalue weighted by atomic mass is 19.4. The molecule has 0 saturated carbocycles. The van der Waals surface area contributed by atoms with E-state index in [9.17, 15) is 18.0 Å². The van der Waals surface area contributed by atoms with E-state index in [2.05, 4.69) is 10.6 Å². The molecule has 18 heavy (non-hydrogen) atoms. The third-order valence-corrected chi connectivity index (χ3v) is 2.88. The summed E-state index contributed by atoms with van der Waals surface area (Å²) in [6.07, 6.45) is -4.03. The third kappa shape index (κ3) is 3.01. The highest BCUT2D eigenvalue weighted by Gasteiger charge is 2.33. The van der Waals surface area contributed by atoms with E-state index in [4.69, 9.17) is 0 Å². The van der Waals surface area contributed by atoms with Crippen LogP contribution in [0.5, 0.6) is 0 Å². The summed E-state index contributed by atoms with van der Waals surface area (Å²) in [6, 6.07) is 5.35. The average Bonchev–Trinajstić information content (AvgIpc) is 2.72. The molecule has 0 bridgehead atoms. The van der Waals surface area contributed by atoms with Crippen molar-refractivity contribution in [2.75, 3.05) is 6.54 Å². The molecule has 98 valence electrons. The first-order chi connectivity index (χ1) is 8.47. The molecule has 1 heterocycles. The van der Waals surface area contributed by atoms with Crippen molar-refractivity contribution in [1.82, 2.24) is 10.6 Å². The van der Waals surface area contributed by atoms with E-state index in [0.29, 0.717) is 13.0 Å². The largest absolute Gasteiger partial charge is 0.416 e. The number of benzene rings is 1. The first-order valence-corrected chi connectivity index (χ1v) is 5.62. The number of alkyl halides is 3. The van der Waals surface area contributed by atoms with Crippen LogP contribution in [0.25, 0.3) is 0 Å². The molecule has 0 aromatic heterocycles. The summed E-state index contributed by atoms with van der Waals surface area (Å²) in [5, 5.41) is 5.58. The van der Waals surface area contributed by atoms with Crippen LogP contribution in [0.3, 0.4) is 0 Å². The minimum Gasteiger partial charge on any atom is -0.354 e. The van der Waals surface area contributed by atoms with Gasteiger partial charge in [-0.05, 0) is 11.6 Å². The number of hydrogen-bond donors (Lipinski definition) is 2. The normalized spacial score (nSPS) is 19.9. The fourth-order valence-electron chi connectivity index (χ4n) is 1.95. The maximum absolute atomic E-state index is 12.7. The maximum Gasteiger partial charge on any atom is 0.416 e. The van der Waals surface area contributed by atoms with Gasteiger partial charge in [0.15, 0.2) is 0 Å². The fourth-order valence-corrected chi connectivity index (χ4v) is 1.95. The Morgan fingerprint density at radius 2 is 2.06 bits per heavy atom. The molecule has 2 N–H and O–H groups in total. The summed E-state index contributed by atoms with van der Waals surface area (Å²) in [4.78, 5) is 11.0. The summed E-state index contributed by atoms with van der Waals surface area (Å²) in [7, 11) is 0. The molecule has 1 aliphatic heterocycles. The molecule has 1 fully saturated rings. The summed E-state index contributed by atoms with van der Waals surface area (Å²) < 4.78 is 38.2. The van der Waals surface area contributed by atoms with Gasteiger partial charge in [-0.1, -0.05) is 18.2 Å². The SMILES string of the molecule is O=C1CC(NCc2ccccc2C(F)(F)F)CN1. The van der Waals surface area contributed by atoms with Crippen molar-refractivity contribution in [1.29, 1.82) is 0 Å². The number of amides is 1. The molecule has 2 rings (SSSR count). The zero-order valence-electron chi connectivity index (χ0n) is 9.55. The number of carbonyl (C=O) groups excluding carboxylic acids is 1. The zero-order chi connectivity index (χ0) is 13.2. The maximum atomic E-state index is 12.7. The van der Waals surface area contributed by atoms with Gasteiger partial charge in [0.05, 0.1) is 5.56 Å². The minimum absolute atomic E-state index is 0.0726. The van der Waals surface area contributed by atoms with Crippen molar-refractivity contribution in [2.24, 2.45) is 0 Å². The molecule has 0 spiro atoms. The van der Waals surface area contributed by atoms with Crippen LogP contribution in [-0.4, -0.2) is 18.5 Å². The van der Waals surface area contributed by atoms with Crippen molar-refractivity contribution in [2.45, 2.75) is 25.2 Å². The van der Waals surface area contributed by atoms with E-state index < -0.39 is 11.7 Å². The lowest BCUT2D eigenvalue weighted by Crippen LogP contribution is -2.31. The smallest absolute Gasteiger partial charge is 0.354 e. The Balaban J connectivity index is 2.03. The van der Waals surface area contributed by atoms with Crippen molar-refractivity contribution in [3.05, 3.63) is 35.4 Å². The van der Waals surface area contributed by atoms with E-state index in [1.165, 1.54) is 12.1 Å². The number of nitrogens with one attached hydrogen (secondary N) is 2. The fraction of sp³-hybridized carbons (Fsp3) is 0.417. The van der Waals surface area contributed by atoms with Crippen molar-refractivity contribution < 1.29 is 18.0 Å². The topological polar surface area (TPSA) is 41.1 Å². The molecular formula is C12H13F3N2O. The lowest BCUT2D eigenvalue weighted by Gasteiger charge is -2.15. The van der Waals surface area contributed by atoms with Gasteiger partial charge in [-0.15, -0.1) is 0 Å². The molecule has 0 aliphatic carbocycles. The monoisotopic (exact) mass is 258 g/mol.